The van der Waals surface area contributed by atoms with Crippen LogP contribution < -0.4 is 0 Å². The number of carbonyl (C=O) groups is 1. The Bertz CT molecular complexity index is 698. The van der Waals surface area contributed by atoms with Crippen molar-refractivity contribution in [3.63, 3.8) is 0 Å². The Morgan fingerprint density at radius 2 is 1.46 bits per heavy atom. The molecule has 2 aromatic heterocycles. The van der Waals surface area contributed by atoms with Crippen LogP contribution >= 0.6 is 46.4 Å². The van der Waals surface area contributed by atoms with Crippen LogP contribution in [0.5, 0.6) is 0 Å². The third-order valence-corrected chi connectivity index (χ3v) is 3.36. The van der Waals surface area contributed by atoms with E-state index >= 15 is 0 Å². The summed E-state index contributed by atoms with van der Waals surface area (Å²) in [6.07, 6.45) is 3.50. The van der Waals surface area contributed by atoms with Crippen molar-refractivity contribution >= 4 is 52.7 Å². The van der Waals surface area contributed by atoms with E-state index < -0.39 is 14.8 Å². The van der Waals surface area contributed by atoms with Gasteiger partial charge in [0.25, 0.3) is 0 Å². The van der Waals surface area contributed by atoms with E-state index in [0.717, 1.165) is 0 Å². The van der Waals surface area contributed by atoms with Gasteiger partial charge in [0.2, 0.25) is 0 Å². The number of aliphatic hydroxyl groups excluding tert-OH is 1. The van der Waals surface area contributed by atoms with Crippen LogP contribution in [0.15, 0.2) is 24.5 Å². The minimum absolute atomic E-state index is 0. The van der Waals surface area contributed by atoms with Crippen molar-refractivity contribution in [2.24, 2.45) is 0 Å². The van der Waals surface area contributed by atoms with Crippen LogP contribution in [0.4, 0.5) is 0 Å². The van der Waals surface area contributed by atoms with Gasteiger partial charge in [-0.15, -0.1) is 0 Å². The molecule has 24 heavy (non-hydrogen) atoms. The summed E-state index contributed by atoms with van der Waals surface area (Å²) in [5, 5.41) is 9.76. The molecule has 0 spiro atoms. The van der Waals surface area contributed by atoms with Crippen molar-refractivity contribution < 1.29 is 32.4 Å². The monoisotopic (exact) mass is 455 g/mol. The molecular formula is C13H12Cl4MnN2O4. The first-order valence-electron chi connectivity index (χ1n) is 5.45. The van der Waals surface area contributed by atoms with Gasteiger partial charge in [0.05, 0.1) is 16.7 Å². The van der Waals surface area contributed by atoms with Gasteiger partial charge in [-0.1, -0.05) is 53.8 Å². The number of nitrogens with zero attached hydrogens (tertiary/aromatic N) is 2. The van der Waals surface area contributed by atoms with E-state index in [9.17, 15) is 4.79 Å². The molecule has 0 unspecified atom stereocenters. The zero-order valence-electron chi connectivity index (χ0n) is 11.1. The van der Waals surface area contributed by atoms with Crippen LogP contribution in [0, 0.1) is 0 Å². The van der Waals surface area contributed by atoms with Gasteiger partial charge in [0.15, 0.2) is 6.29 Å². The molecule has 0 atom stereocenters. The zero-order chi connectivity index (χ0) is 17.8. The summed E-state index contributed by atoms with van der Waals surface area (Å²) >= 11 is 20.7. The third-order valence-electron chi connectivity index (χ3n) is 1.99. The minimum atomic E-state index is -1.44. The Morgan fingerprint density at radius 3 is 1.83 bits per heavy atom. The predicted octanol–water partition coefficient (Wildman–Crippen LogP) is 4.48. The second-order valence-electron chi connectivity index (χ2n) is 3.50. The standard InChI is InChI=1S/C6H5Cl2NO.C6H3Cl2NO.CH4.Mn.2O/c2*7-5-1-4(3-10)2-9-6(5)8;;;;/h1-2,10H,3H2;1-3H;1H4;;;. The number of hydrogen-bond donors (Lipinski definition) is 1. The molecule has 1 N–H and O–H groups in total. The molecule has 2 heterocycles. The molecule has 11 heteroatoms. The van der Waals surface area contributed by atoms with Gasteiger partial charge in [-0.2, -0.15) is 0 Å². The third kappa shape index (κ3) is 10.2. The fourth-order valence-electron chi connectivity index (χ4n) is 1.05. The summed E-state index contributed by atoms with van der Waals surface area (Å²) in [5.41, 5.74) is 1.09. The molecule has 0 aromatic carbocycles. The molecule has 0 aliphatic carbocycles. The van der Waals surface area contributed by atoms with Gasteiger partial charge in [-0.3, -0.25) is 4.79 Å². The Morgan fingerprint density at radius 1 is 1.00 bits per heavy atom. The zero-order valence-corrected chi connectivity index (χ0v) is 15.3. The van der Waals surface area contributed by atoms with Crippen LogP contribution in [0.2, 0.25) is 20.4 Å². The van der Waals surface area contributed by atoms with Gasteiger partial charge >= 0.3 is 22.5 Å². The summed E-state index contributed by atoms with van der Waals surface area (Å²) < 4.78 is 16.8. The fraction of sp³-hybridized carbons (Fsp3) is 0.154. The number of pyridine rings is 2. The number of halogens is 4. The summed E-state index contributed by atoms with van der Waals surface area (Å²) in [6, 6.07) is 3.04. The number of rotatable bonds is 2. The van der Waals surface area contributed by atoms with Gasteiger partial charge in [-0.25, -0.2) is 9.97 Å². The summed E-state index contributed by atoms with van der Waals surface area (Å²) in [4.78, 5) is 17.5. The maximum atomic E-state index is 10.1. The second-order valence-corrected chi connectivity index (χ2v) is 5.22. The Balaban J connectivity index is 0. The Labute approximate surface area is 164 Å². The molecule has 0 bridgehead atoms. The summed E-state index contributed by atoms with van der Waals surface area (Å²) in [5.74, 6) is 0. The average molecular weight is 457 g/mol. The fourth-order valence-corrected chi connectivity index (χ4v) is 1.62. The van der Waals surface area contributed by atoms with Crippen LogP contribution in [0.3, 0.4) is 0 Å². The molecule has 0 fully saturated rings. The molecule has 0 aliphatic heterocycles. The van der Waals surface area contributed by atoms with E-state index in [4.69, 9.17) is 59.2 Å². The van der Waals surface area contributed by atoms with Gasteiger partial charge in [0, 0.05) is 18.0 Å². The average Bonchev–Trinajstić information content (AvgIpc) is 2.54. The first-order chi connectivity index (χ1) is 10.9. The molecule has 0 aliphatic rings. The number of aromatic nitrogens is 2. The Hall–Kier alpha value is -0.791. The maximum absolute atomic E-state index is 10.1. The van der Waals surface area contributed by atoms with Gasteiger partial charge < -0.3 is 5.11 Å². The van der Waals surface area contributed by atoms with Gasteiger partial charge in [-0.05, 0) is 17.7 Å². The van der Waals surface area contributed by atoms with Gasteiger partial charge in [0.1, 0.15) is 10.3 Å². The van der Waals surface area contributed by atoms with Crippen molar-refractivity contribution in [1.82, 2.24) is 9.97 Å². The number of carbonyl (C=O) groups excluding carboxylic acids is 1. The number of aliphatic hydroxyl groups is 1. The van der Waals surface area contributed by atoms with Crippen molar-refractivity contribution in [2.45, 2.75) is 14.0 Å². The van der Waals surface area contributed by atoms with E-state index in [0.29, 0.717) is 27.5 Å². The number of aldehydes is 1. The first kappa shape index (κ1) is 25.4. The predicted molar refractivity (Wildman–Crippen MR) is 87.9 cm³/mol. The second kappa shape index (κ2) is 14.5. The molecule has 0 saturated carbocycles. The van der Waals surface area contributed by atoms with Crippen LogP contribution in [0.25, 0.3) is 0 Å². The van der Waals surface area contributed by atoms with Crippen molar-refractivity contribution in [2.75, 3.05) is 0 Å². The first-order valence-corrected chi connectivity index (χ1v) is 7.93. The quantitative estimate of drug-likeness (QED) is 0.406. The van der Waals surface area contributed by atoms with E-state index in [1.807, 2.05) is 0 Å². The van der Waals surface area contributed by atoms with Crippen molar-refractivity contribution in [1.29, 1.82) is 0 Å². The molecular weight excluding hydrogens is 445 g/mol. The van der Waals surface area contributed by atoms with Crippen LogP contribution in [-0.2, 0) is 29.1 Å². The SMILES string of the molecule is C.O=Cc1cnc(Cl)c(Cl)c1.OCc1cnc(Cl)c(Cl)c1.[O]=[Mn]=[O]. The van der Waals surface area contributed by atoms with Crippen LogP contribution in [-0.4, -0.2) is 21.4 Å². The van der Waals surface area contributed by atoms with E-state index in [-0.39, 0.29) is 24.3 Å². The molecule has 133 valence electrons. The van der Waals surface area contributed by atoms with Crippen LogP contribution in [0.1, 0.15) is 23.3 Å². The molecule has 6 nitrogen and oxygen atoms in total. The van der Waals surface area contributed by atoms with E-state index in [1.54, 1.807) is 6.07 Å². The molecule has 2 rings (SSSR count). The van der Waals surface area contributed by atoms with Crippen molar-refractivity contribution in [3.8, 4) is 0 Å². The summed E-state index contributed by atoms with van der Waals surface area (Å²) in [7, 11) is 0. The summed E-state index contributed by atoms with van der Waals surface area (Å²) in [6.45, 7) is -0.0656. The van der Waals surface area contributed by atoms with E-state index in [2.05, 4.69) is 9.97 Å². The molecule has 0 saturated heterocycles. The normalized spacial score (nSPS) is 8.54. The van der Waals surface area contributed by atoms with Crippen molar-refractivity contribution in [3.05, 3.63) is 56.0 Å². The van der Waals surface area contributed by atoms with E-state index in [1.165, 1.54) is 18.5 Å². The molecule has 0 radical (unpaired) electrons. The molecule has 0 amide bonds. The Kier molecular flexibility index (Phi) is 15.4. The number of hydrogen-bond acceptors (Lipinski definition) is 6. The topological polar surface area (TPSA) is 97.2 Å². The molecule has 2 aromatic rings.